The fraction of sp³-hybridized carbons (Fsp3) is 0.667. The fourth-order valence-corrected chi connectivity index (χ4v) is 2.48. The third-order valence-electron chi connectivity index (χ3n) is 3.48. The van der Waals surface area contributed by atoms with E-state index in [2.05, 4.69) is 9.89 Å². The summed E-state index contributed by atoms with van der Waals surface area (Å²) in [6, 6.07) is 1.34. The fourth-order valence-electron chi connectivity index (χ4n) is 2.38. The van der Waals surface area contributed by atoms with Gasteiger partial charge in [-0.15, -0.1) is 0 Å². The molecule has 1 aliphatic rings. The first kappa shape index (κ1) is 17.6. The van der Waals surface area contributed by atoms with E-state index < -0.39 is 11.6 Å². The number of ether oxygens (including phenoxy) is 2. The number of carbonyl (C=O) groups excluding carboxylic acids is 2. The van der Waals surface area contributed by atoms with Crippen molar-refractivity contribution in [2.24, 2.45) is 0 Å². The van der Waals surface area contributed by atoms with E-state index in [1.54, 1.807) is 11.0 Å². The number of esters is 1. The summed E-state index contributed by atoms with van der Waals surface area (Å²) in [5.74, 6) is -0.463. The minimum absolute atomic E-state index is 0.0372. The van der Waals surface area contributed by atoms with E-state index >= 15 is 0 Å². The van der Waals surface area contributed by atoms with Gasteiger partial charge in [-0.1, -0.05) is 16.8 Å². The van der Waals surface area contributed by atoms with Gasteiger partial charge in [-0.25, -0.2) is 9.59 Å². The summed E-state index contributed by atoms with van der Waals surface area (Å²) in [5.41, 5.74) is 0.188. The molecule has 0 radical (unpaired) electrons. The van der Waals surface area contributed by atoms with Crippen molar-refractivity contribution in [1.29, 1.82) is 0 Å². The van der Waals surface area contributed by atoms with Crippen LogP contribution in [-0.2, 0) is 9.47 Å². The van der Waals surface area contributed by atoms with Crippen LogP contribution in [0.1, 0.15) is 55.8 Å². The first-order valence-corrected chi connectivity index (χ1v) is 8.01. The van der Waals surface area contributed by atoms with Crippen LogP contribution >= 0.6 is 11.6 Å². The zero-order valence-electron chi connectivity index (χ0n) is 13.5. The maximum Gasteiger partial charge on any atom is 0.410 e. The van der Waals surface area contributed by atoms with Gasteiger partial charge >= 0.3 is 12.1 Å². The number of rotatable bonds is 3. The average Bonchev–Trinajstić information content (AvgIpc) is 2.96. The van der Waals surface area contributed by atoms with Gasteiger partial charge in [0.15, 0.2) is 6.07 Å². The van der Waals surface area contributed by atoms with E-state index in [1.165, 1.54) is 0 Å². The molecule has 1 fully saturated rings. The van der Waals surface area contributed by atoms with E-state index in [9.17, 15) is 9.59 Å². The summed E-state index contributed by atoms with van der Waals surface area (Å²) in [6.45, 7) is 6.68. The van der Waals surface area contributed by atoms with Crippen LogP contribution in [0.15, 0.2) is 10.6 Å². The van der Waals surface area contributed by atoms with E-state index in [1.807, 2.05) is 20.8 Å². The molecule has 1 aliphatic heterocycles. The van der Waals surface area contributed by atoms with Crippen molar-refractivity contribution in [2.75, 3.05) is 19.2 Å². The lowest BCUT2D eigenvalue weighted by atomic mass is 9.93. The second-order valence-corrected chi connectivity index (χ2v) is 6.62. The van der Waals surface area contributed by atoms with Crippen molar-refractivity contribution in [2.45, 2.75) is 45.1 Å². The highest BCUT2D eigenvalue weighted by atomic mass is 35.5. The maximum atomic E-state index is 12.0. The Kier molecular flexibility index (Phi) is 5.51. The van der Waals surface area contributed by atoms with E-state index in [-0.39, 0.29) is 23.8 Å². The lowest BCUT2D eigenvalue weighted by molar-refractivity contribution is 0.0203. The molecular weight excluding hydrogens is 324 g/mol. The van der Waals surface area contributed by atoms with Gasteiger partial charge in [0.2, 0.25) is 5.76 Å². The molecule has 0 atom stereocenters. The van der Waals surface area contributed by atoms with Crippen LogP contribution in [0.2, 0.25) is 0 Å². The van der Waals surface area contributed by atoms with Gasteiger partial charge in [0, 0.05) is 25.1 Å². The number of nitrogens with zero attached hydrogens (tertiary/aromatic N) is 2. The highest BCUT2D eigenvalue weighted by Crippen LogP contribution is 2.28. The lowest BCUT2D eigenvalue weighted by Gasteiger charge is -2.32. The van der Waals surface area contributed by atoms with Crippen molar-refractivity contribution >= 4 is 23.7 Å². The third-order valence-corrected chi connectivity index (χ3v) is 3.59. The predicted molar refractivity (Wildman–Crippen MR) is 82.4 cm³/mol. The number of halogens is 1. The van der Waals surface area contributed by atoms with Crippen molar-refractivity contribution in [3.05, 3.63) is 17.5 Å². The number of piperidine rings is 1. The largest absolute Gasteiger partial charge is 0.444 e. The Balaban J connectivity index is 1.89. The molecule has 128 valence electrons. The van der Waals surface area contributed by atoms with Crippen LogP contribution in [0.3, 0.4) is 0 Å². The Morgan fingerprint density at radius 2 is 2.04 bits per heavy atom. The minimum atomic E-state index is -0.634. The number of amides is 1. The van der Waals surface area contributed by atoms with Gasteiger partial charge in [-0.3, -0.25) is 0 Å². The van der Waals surface area contributed by atoms with Gasteiger partial charge in [-0.2, -0.15) is 0 Å². The van der Waals surface area contributed by atoms with E-state index in [0.717, 1.165) is 12.8 Å². The Hall–Kier alpha value is -1.76. The molecule has 0 aliphatic carbocycles. The minimum Gasteiger partial charge on any atom is -0.444 e. The summed E-state index contributed by atoms with van der Waals surface area (Å²) >= 11 is 5.34. The van der Waals surface area contributed by atoms with Crippen molar-refractivity contribution in [3.8, 4) is 0 Å². The Bertz CT molecular complexity index is 558. The highest BCUT2D eigenvalue weighted by molar-refractivity contribution is 6.17. The van der Waals surface area contributed by atoms with Crippen LogP contribution in [0.25, 0.3) is 0 Å². The molecule has 1 aromatic heterocycles. The number of hydrogen-bond donors (Lipinski definition) is 0. The smallest absolute Gasteiger partial charge is 0.410 e. The first-order valence-electron chi connectivity index (χ1n) is 7.48. The van der Waals surface area contributed by atoms with E-state index in [0.29, 0.717) is 18.8 Å². The molecule has 0 spiro atoms. The summed E-state index contributed by atoms with van der Waals surface area (Å²) in [6.07, 6.45) is 1.16. The number of likely N-dealkylation sites (tertiary alicyclic amines) is 1. The molecule has 8 heteroatoms. The Labute approximate surface area is 139 Å². The van der Waals surface area contributed by atoms with Crippen LogP contribution in [0.4, 0.5) is 4.79 Å². The van der Waals surface area contributed by atoms with Crippen LogP contribution < -0.4 is 0 Å². The molecule has 1 aromatic rings. The average molecular weight is 345 g/mol. The molecule has 7 nitrogen and oxygen atoms in total. The summed E-state index contributed by atoms with van der Waals surface area (Å²) < 4.78 is 15.0. The van der Waals surface area contributed by atoms with Crippen molar-refractivity contribution in [1.82, 2.24) is 10.1 Å². The molecule has 0 unspecified atom stereocenters. The second kappa shape index (κ2) is 7.21. The van der Waals surface area contributed by atoms with Crippen molar-refractivity contribution in [3.63, 3.8) is 0 Å². The van der Waals surface area contributed by atoms with Gasteiger partial charge in [-0.05, 0) is 33.6 Å². The molecule has 23 heavy (non-hydrogen) atoms. The highest BCUT2D eigenvalue weighted by Gasteiger charge is 2.29. The number of hydrogen-bond acceptors (Lipinski definition) is 6. The van der Waals surface area contributed by atoms with Gasteiger partial charge in [0.1, 0.15) is 5.60 Å². The maximum absolute atomic E-state index is 12.0. The summed E-state index contributed by atoms with van der Waals surface area (Å²) in [5, 5.41) is 3.92. The topological polar surface area (TPSA) is 81.9 Å². The molecule has 0 bridgehead atoms. The molecule has 0 saturated carbocycles. The Morgan fingerprint density at radius 3 is 2.61 bits per heavy atom. The van der Waals surface area contributed by atoms with Gasteiger partial charge in [0.05, 0.1) is 5.69 Å². The zero-order chi connectivity index (χ0) is 17.0. The van der Waals surface area contributed by atoms with Gasteiger partial charge in [0.25, 0.3) is 0 Å². The molecule has 1 saturated heterocycles. The van der Waals surface area contributed by atoms with Crippen LogP contribution in [0, 0.1) is 0 Å². The molecule has 2 rings (SSSR count). The molecular formula is C15H21ClN2O5. The first-order chi connectivity index (χ1) is 10.8. The van der Waals surface area contributed by atoms with Crippen LogP contribution in [0.5, 0.6) is 0 Å². The molecule has 0 aromatic carbocycles. The second-order valence-electron chi connectivity index (χ2n) is 6.40. The lowest BCUT2D eigenvalue weighted by Crippen LogP contribution is -2.41. The third kappa shape index (κ3) is 4.86. The number of alkyl halides is 1. The normalized spacial score (nSPS) is 16.3. The molecule has 2 heterocycles. The Morgan fingerprint density at radius 1 is 1.39 bits per heavy atom. The summed E-state index contributed by atoms with van der Waals surface area (Å²) in [7, 11) is 0. The molecule has 0 N–H and O–H groups in total. The SMILES string of the molecule is CC(C)(C)OC(=O)N1CCC(c2cc(C(=O)OCCl)on2)CC1. The number of carbonyl (C=O) groups is 2. The quantitative estimate of drug-likeness (QED) is 0.619. The van der Waals surface area contributed by atoms with Gasteiger partial charge < -0.3 is 18.9 Å². The van der Waals surface area contributed by atoms with E-state index in [4.69, 9.17) is 20.9 Å². The monoisotopic (exact) mass is 344 g/mol. The zero-order valence-corrected chi connectivity index (χ0v) is 14.3. The van der Waals surface area contributed by atoms with Crippen molar-refractivity contribution < 1.29 is 23.6 Å². The standard InChI is InChI=1S/C15H21ClN2O5/c1-15(2,3)22-14(20)18-6-4-10(5-7-18)11-8-12(23-17-11)13(19)21-9-16/h8,10H,4-7,9H2,1-3H3. The van der Waals surface area contributed by atoms with Crippen LogP contribution in [-0.4, -0.2) is 46.9 Å². The number of aromatic nitrogens is 1. The summed E-state index contributed by atoms with van der Waals surface area (Å²) in [4.78, 5) is 25.2. The predicted octanol–water partition coefficient (Wildman–Crippen LogP) is 3.14. The molecule has 1 amide bonds.